The number of rotatable bonds is 2. The Bertz CT molecular complexity index is 400. The molecule has 0 radical (unpaired) electrons. The van der Waals surface area contributed by atoms with Crippen molar-refractivity contribution in [3.05, 3.63) is 27.8 Å². The van der Waals surface area contributed by atoms with E-state index in [0.717, 1.165) is 22.1 Å². The van der Waals surface area contributed by atoms with Gasteiger partial charge in [0.15, 0.2) is 0 Å². The zero-order valence-corrected chi connectivity index (χ0v) is 11.9. The summed E-state index contributed by atoms with van der Waals surface area (Å²) in [5.41, 5.74) is 3.22. The number of aliphatic imine (C=N–C) groups is 1. The highest BCUT2D eigenvalue weighted by Crippen LogP contribution is 2.27. The zero-order chi connectivity index (χ0) is 12.1. The summed E-state index contributed by atoms with van der Waals surface area (Å²) in [6.07, 6.45) is 6.01. The van der Waals surface area contributed by atoms with Crippen molar-refractivity contribution in [2.45, 2.75) is 32.1 Å². The molecule has 3 nitrogen and oxygen atoms in total. The molecule has 1 aromatic carbocycles. The predicted molar refractivity (Wildman–Crippen MR) is 77.8 cm³/mol. The van der Waals surface area contributed by atoms with Crippen LogP contribution in [0.4, 0.5) is 5.69 Å². The van der Waals surface area contributed by atoms with Crippen molar-refractivity contribution in [2.75, 3.05) is 0 Å². The van der Waals surface area contributed by atoms with Crippen LogP contribution in [0.5, 0.6) is 0 Å². The molecule has 1 fully saturated rings. The average molecular weight is 344 g/mol. The van der Waals surface area contributed by atoms with Gasteiger partial charge in [0.25, 0.3) is 0 Å². The van der Waals surface area contributed by atoms with Crippen LogP contribution in [0.25, 0.3) is 0 Å². The van der Waals surface area contributed by atoms with Crippen LogP contribution in [0.3, 0.4) is 0 Å². The van der Waals surface area contributed by atoms with Crippen LogP contribution in [0, 0.1) is 9.49 Å². The normalized spacial score (nSPS) is 18.1. The molecule has 0 atom stereocenters. The number of benzene rings is 1. The molecule has 0 spiro atoms. The van der Waals surface area contributed by atoms with Crippen LogP contribution < -0.4 is 5.48 Å². The first-order valence-electron chi connectivity index (χ1n) is 6.04. The molecular weight excluding hydrogens is 327 g/mol. The van der Waals surface area contributed by atoms with Gasteiger partial charge in [-0.15, -0.1) is 0 Å². The van der Waals surface area contributed by atoms with Crippen LogP contribution in [0.2, 0.25) is 0 Å². The van der Waals surface area contributed by atoms with Gasteiger partial charge in [-0.2, -0.15) is 0 Å². The van der Waals surface area contributed by atoms with Gasteiger partial charge in [0.05, 0.1) is 5.69 Å². The van der Waals surface area contributed by atoms with E-state index in [1.165, 1.54) is 19.3 Å². The van der Waals surface area contributed by atoms with Crippen molar-refractivity contribution < 1.29 is 5.21 Å². The maximum atomic E-state index is 9.25. The first-order valence-corrected chi connectivity index (χ1v) is 7.12. The van der Waals surface area contributed by atoms with E-state index in [9.17, 15) is 5.21 Å². The Balaban J connectivity index is 2.19. The maximum absolute atomic E-state index is 9.25. The van der Waals surface area contributed by atoms with Crippen molar-refractivity contribution in [3.8, 4) is 0 Å². The van der Waals surface area contributed by atoms with E-state index >= 15 is 0 Å². The summed E-state index contributed by atoms with van der Waals surface area (Å²) in [5.74, 6) is 1.10. The van der Waals surface area contributed by atoms with Gasteiger partial charge in [0.1, 0.15) is 5.84 Å². The maximum Gasteiger partial charge on any atom is 0.129 e. The first kappa shape index (κ1) is 12.8. The van der Waals surface area contributed by atoms with Crippen molar-refractivity contribution >= 4 is 34.1 Å². The Morgan fingerprint density at radius 3 is 2.59 bits per heavy atom. The lowest BCUT2D eigenvalue weighted by Gasteiger charge is -2.22. The summed E-state index contributed by atoms with van der Waals surface area (Å²) < 4.78 is 1.11. The molecule has 0 aliphatic heterocycles. The van der Waals surface area contributed by atoms with Crippen molar-refractivity contribution in [1.82, 2.24) is 5.48 Å². The van der Waals surface area contributed by atoms with Crippen molar-refractivity contribution in [3.63, 3.8) is 0 Å². The fourth-order valence-corrected chi connectivity index (χ4v) is 2.76. The second-order valence-corrected chi connectivity index (χ2v) is 5.56. The molecule has 92 valence electrons. The lowest BCUT2D eigenvalue weighted by Crippen LogP contribution is -2.29. The molecule has 0 saturated heterocycles. The number of nitrogens with one attached hydrogen (secondary N) is 1. The van der Waals surface area contributed by atoms with Gasteiger partial charge >= 0.3 is 0 Å². The SMILES string of the molecule is ONC(=Nc1ccccc1I)C1CCCCC1. The van der Waals surface area contributed by atoms with Crippen LogP contribution in [0.15, 0.2) is 29.3 Å². The molecule has 1 aliphatic carbocycles. The number of halogens is 1. The summed E-state index contributed by atoms with van der Waals surface area (Å²) >= 11 is 2.26. The summed E-state index contributed by atoms with van der Waals surface area (Å²) in [6, 6.07) is 7.96. The number of para-hydroxylation sites is 1. The van der Waals surface area contributed by atoms with Crippen LogP contribution in [0.1, 0.15) is 32.1 Å². The Kier molecular flexibility index (Phi) is 4.79. The van der Waals surface area contributed by atoms with Crippen molar-refractivity contribution in [1.29, 1.82) is 0 Å². The van der Waals surface area contributed by atoms with E-state index in [1.54, 1.807) is 0 Å². The van der Waals surface area contributed by atoms with Crippen molar-refractivity contribution in [2.24, 2.45) is 10.9 Å². The molecule has 1 aromatic rings. The molecule has 0 unspecified atom stereocenters. The standard InChI is InChI=1S/C13H17IN2O/c14-11-8-4-5-9-12(11)15-13(16-17)10-6-2-1-3-7-10/h4-5,8-10,17H,1-3,6-7H2,(H,15,16). The Hall–Kier alpha value is -0.620. The molecule has 4 heteroatoms. The monoisotopic (exact) mass is 344 g/mol. The molecule has 0 heterocycles. The first-order chi connectivity index (χ1) is 8.31. The van der Waals surface area contributed by atoms with E-state index in [4.69, 9.17) is 0 Å². The Morgan fingerprint density at radius 2 is 1.94 bits per heavy atom. The van der Waals surface area contributed by atoms with Gasteiger partial charge in [-0.3, -0.25) is 10.7 Å². The molecule has 2 rings (SSSR count). The minimum atomic E-state index is 0.379. The van der Waals surface area contributed by atoms with Gasteiger partial charge in [0.2, 0.25) is 0 Å². The highest BCUT2D eigenvalue weighted by molar-refractivity contribution is 14.1. The fraction of sp³-hybridized carbons (Fsp3) is 0.462. The lowest BCUT2D eigenvalue weighted by molar-refractivity contribution is 0.222. The van der Waals surface area contributed by atoms with E-state index in [1.807, 2.05) is 24.3 Å². The fourth-order valence-electron chi connectivity index (χ4n) is 2.26. The highest BCUT2D eigenvalue weighted by atomic mass is 127. The quantitative estimate of drug-likeness (QED) is 0.370. The molecule has 1 aliphatic rings. The Labute approximate surface area is 115 Å². The van der Waals surface area contributed by atoms with Gasteiger partial charge in [-0.05, 0) is 47.6 Å². The number of amidine groups is 1. The van der Waals surface area contributed by atoms with Crippen LogP contribution in [-0.2, 0) is 0 Å². The lowest BCUT2D eigenvalue weighted by atomic mass is 9.88. The van der Waals surface area contributed by atoms with Gasteiger partial charge in [-0.1, -0.05) is 31.4 Å². The highest BCUT2D eigenvalue weighted by Gasteiger charge is 2.19. The second-order valence-electron chi connectivity index (χ2n) is 4.40. The Morgan fingerprint density at radius 1 is 1.24 bits per heavy atom. The summed E-state index contributed by atoms with van der Waals surface area (Å²) in [4.78, 5) is 4.55. The van der Waals surface area contributed by atoms with E-state index in [-0.39, 0.29) is 0 Å². The minimum absolute atomic E-state index is 0.379. The summed E-state index contributed by atoms with van der Waals surface area (Å²) in [6.45, 7) is 0. The van der Waals surface area contributed by atoms with E-state index in [2.05, 4.69) is 33.1 Å². The van der Waals surface area contributed by atoms with Crippen LogP contribution in [-0.4, -0.2) is 11.0 Å². The topological polar surface area (TPSA) is 44.6 Å². The predicted octanol–water partition coefficient (Wildman–Crippen LogP) is 3.88. The summed E-state index contributed by atoms with van der Waals surface area (Å²) in [5, 5.41) is 9.25. The smallest absolute Gasteiger partial charge is 0.129 e. The molecule has 0 bridgehead atoms. The summed E-state index contributed by atoms with van der Waals surface area (Å²) in [7, 11) is 0. The average Bonchev–Trinajstić information content (AvgIpc) is 2.39. The molecule has 0 amide bonds. The molecule has 2 N–H and O–H groups in total. The zero-order valence-electron chi connectivity index (χ0n) is 9.69. The van der Waals surface area contributed by atoms with Gasteiger partial charge < -0.3 is 0 Å². The third kappa shape index (κ3) is 3.42. The third-order valence-corrected chi connectivity index (χ3v) is 4.11. The number of nitrogens with zero attached hydrogens (tertiary/aromatic N) is 1. The van der Waals surface area contributed by atoms with Crippen LogP contribution >= 0.6 is 22.6 Å². The number of hydrogen-bond acceptors (Lipinski definition) is 2. The van der Waals surface area contributed by atoms with E-state index in [0.29, 0.717) is 11.8 Å². The van der Waals surface area contributed by atoms with Gasteiger partial charge in [-0.25, -0.2) is 4.99 Å². The molecule has 17 heavy (non-hydrogen) atoms. The number of hydrogen-bond donors (Lipinski definition) is 2. The van der Waals surface area contributed by atoms with Gasteiger partial charge in [0, 0.05) is 9.49 Å². The molecule has 1 saturated carbocycles. The minimum Gasteiger partial charge on any atom is -0.290 e. The molecular formula is C13H17IN2O. The third-order valence-electron chi connectivity index (χ3n) is 3.20. The number of hydroxylamine groups is 1. The molecule has 0 aromatic heterocycles. The van der Waals surface area contributed by atoms with E-state index < -0.39 is 0 Å². The largest absolute Gasteiger partial charge is 0.290 e. The second kappa shape index (κ2) is 6.35.